The molecule has 0 saturated heterocycles. The summed E-state index contributed by atoms with van der Waals surface area (Å²) in [6.45, 7) is 3.97. The average molecular weight is 319 g/mol. The Balaban J connectivity index is 2.91. The van der Waals surface area contributed by atoms with Crippen LogP contribution in [0.15, 0.2) is 23.1 Å². The molecule has 112 valence electrons. The monoisotopic (exact) mass is 318 g/mol. The Morgan fingerprint density at radius 3 is 2.60 bits per heavy atom. The van der Waals surface area contributed by atoms with Crippen molar-refractivity contribution in [1.29, 1.82) is 0 Å². The zero-order chi connectivity index (χ0) is 15.3. The number of hydrogen-bond acceptors (Lipinski definition) is 3. The summed E-state index contributed by atoms with van der Waals surface area (Å²) >= 11 is 5.82. The summed E-state index contributed by atoms with van der Waals surface area (Å²) in [5.41, 5.74) is 0.185. The molecule has 1 unspecified atom stereocenters. The van der Waals surface area contributed by atoms with Gasteiger partial charge in [0.1, 0.15) is 0 Å². The number of unbranched alkanes of at least 4 members (excludes halogenated alkanes) is 1. The standard InChI is InChI=1S/C13H19ClN2O3S/c1-3-4-5-9(2)16-13(17)10-6-11(14)8-12(7-10)20(15,18)19/h6-9H,3-5H2,1-2H3,(H,16,17)(H2,15,18,19). The Labute approximate surface area is 124 Å². The van der Waals surface area contributed by atoms with Crippen LogP contribution in [0.5, 0.6) is 0 Å². The highest BCUT2D eigenvalue weighted by Gasteiger charge is 2.15. The fourth-order valence-electron chi connectivity index (χ4n) is 1.75. The third-order valence-corrected chi connectivity index (χ3v) is 3.94. The zero-order valence-electron chi connectivity index (χ0n) is 11.5. The van der Waals surface area contributed by atoms with Crippen LogP contribution in [0.25, 0.3) is 0 Å². The maximum absolute atomic E-state index is 12.0. The molecule has 0 aliphatic rings. The topological polar surface area (TPSA) is 89.3 Å². The van der Waals surface area contributed by atoms with Crippen LogP contribution in [0.1, 0.15) is 43.5 Å². The van der Waals surface area contributed by atoms with Crippen LogP contribution in [-0.2, 0) is 10.0 Å². The third-order valence-electron chi connectivity index (χ3n) is 2.83. The number of carbonyl (C=O) groups excluding carboxylic acids is 1. The summed E-state index contributed by atoms with van der Waals surface area (Å²) in [4.78, 5) is 11.9. The summed E-state index contributed by atoms with van der Waals surface area (Å²) in [7, 11) is -3.89. The maximum atomic E-state index is 12.0. The van der Waals surface area contributed by atoms with E-state index in [-0.39, 0.29) is 27.4 Å². The van der Waals surface area contributed by atoms with Gasteiger partial charge in [-0.1, -0.05) is 31.4 Å². The fraction of sp³-hybridized carbons (Fsp3) is 0.462. The third kappa shape index (κ3) is 5.11. The molecule has 0 aromatic heterocycles. The molecule has 7 heteroatoms. The SMILES string of the molecule is CCCCC(C)NC(=O)c1cc(Cl)cc(S(N)(=O)=O)c1. The van der Waals surface area contributed by atoms with Crippen molar-refractivity contribution in [3.8, 4) is 0 Å². The van der Waals surface area contributed by atoms with Gasteiger partial charge < -0.3 is 5.32 Å². The van der Waals surface area contributed by atoms with E-state index in [0.29, 0.717) is 0 Å². The highest BCUT2D eigenvalue weighted by molar-refractivity contribution is 7.89. The summed E-state index contributed by atoms with van der Waals surface area (Å²) in [6.07, 6.45) is 2.93. The highest BCUT2D eigenvalue weighted by atomic mass is 35.5. The minimum atomic E-state index is -3.89. The second-order valence-electron chi connectivity index (χ2n) is 4.74. The van der Waals surface area contributed by atoms with Gasteiger partial charge in [-0.25, -0.2) is 13.6 Å². The number of benzene rings is 1. The number of nitrogens with two attached hydrogens (primary N) is 1. The van der Waals surface area contributed by atoms with Gasteiger partial charge in [0.2, 0.25) is 10.0 Å². The van der Waals surface area contributed by atoms with Gasteiger partial charge in [-0.15, -0.1) is 0 Å². The van der Waals surface area contributed by atoms with Crippen LogP contribution in [0, 0.1) is 0 Å². The number of nitrogens with one attached hydrogen (secondary N) is 1. The van der Waals surface area contributed by atoms with Crippen molar-refractivity contribution >= 4 is 27.5 Å². The number of halogens is 1. The lowest BCUT2D eigenvalue weighted by molar-refractivity contribution is 0.0937. The van der Waals surface area contributed by atoms with Crippen molar-refractivity contribution in [3.05, 3.63) is 28.8 Å². The van der Waals surface area contributed by atoms with E-state index in [1.165, 1.54) is 18.2 Å². The normalized spacial score (nSPS) is 13.0. The summed E-state index contributed by atoms with van der Waals surface area (Å²) < 4.78 is 22.6. The van der Waals surface area contributed by atoms with Gasteiger partial charge in [0.25, 0.3) is 5.91 Å². The van der Waals surface area contributed by atoms with E-state index in [4.69, 9.17) is 16.7 Å². The van der Waals surface area contributed by atoms with E-state index in [0.717, 1.165) is 19.3 Å². The van der Waals surface area contributed by atoms with Crippen LogP contribution in [0.2, 0.25) is 5.02 Å². The van der Waals surface area contributed by atoms with Crippen LogP contribution >= 0.6 is 11.6 Å². The van der Waals surface area contributed by atoms with Gasteiger partial charge in [0.05, 0.1) is 4.90 Å². The predicted octanol–water partition coefficient (Wildman–Crippen LogP) is 2.30. The molecule has 1 aromatic rings. The molecule has 1 aromatic carbocycles. The van der Waals surface area contributed by atoms with Crippen molar-refractivity contribution in [3.63, 3.8) is 0 Å². The molecule has 1 atom stereocenters. The molecule has 0 saturated carbocycles. The molecule has 0 radical (unpaired) electrons. The maximum Gasteiger partial charge on any atom is 0.251 e. The van der Waals surface area contributed by atoms with Gasteiger partial charge in [-0.2, -0.15) is 0 Å². The van der Waals surface area contributed by atoms with Gasteiger partial charge in [-0.3, -0.25) is 4.79 Å². The Bertz CT molecular complexity index is 587. The molecule has 1 amide bonds. The number of primary sulfonamides is 1. The number of sulfonamides is 1. The second-order valence-corrected chi connectivity index (χ2v) is 6.74. The van der Waals surface area contributed by atoms with Crippen LogP contribution in [0.3, 0.4) is 0 Å². The van der Waals surface area contributed by atoms with Crippen LogP contribution < -0.4 is 10.5 Å². The van der Waals surface area contributed by atoms with Gasteiger partial charge >= 0.3 is 0 Å². The fourth-order valence-corrected chi connectivity index (χ4v) is 2.63. The molecule has 0 heterocycles. The van der Waals surface area contributed by atoms with E-state index in [1.54, 1.807) is 0 Å². The first kappa shape index (κ1) is 16.9. The summed E-state index contributed by atoms with van der Waals surface area (Å²) in [5.74, 6) is -0.360. The van der Waals surface area contributed by atoms with Crippen molar-refractivity contribution in [2.75, 3.05) is 0 Å². The number of hydrogen-bond donors (Lipinski definition) is 2. The molecule has 20 heavy (non-hydrogen) atoms. The van der Waals surface area contributed by atoms with Gasteiger partial charge in [-0.05, 0) is 31.5 Å². The smallest absolute Gasteiger partial charge is 0.251 e. The first-order valence-electron chi connectivity index (χ1n) is 6.38. The summed E-state index contributed by atoms with van der Waals surface area (Å²) in [5, 5.41) is 8.00. The van der Waals surface area contributed by atoms with Crippen LogP contribution in [-0.4, -0.2) is 20.4 Å². The Morgan fingerprint density at radius 2 is 2.05 bits per heavy atom. The molecule has 3 N–H and O–H groups in total. The van der Waals surface area contributed by atoms with E-state index in [2.05, 4.69) is 12.2 Å². The first-order chi connectivity index (χ1) is 9.24. The van der Waals surface area contributed by atoms with E-state index in [1.807, 2.05) is 6.92 Å². The molecular weight excluding hydrogens is 300 g/mol. The summed E-state index contributed by atoms with van der Waals surface area (Å²) in [6, 6.07) is 3.87. The average Bonchev–Trinajstić information content (AvgIpc) is 2.34. The van der Waals surface area contributed by atoms with Gasteiger partial charge in [0.15, 0.2) is 0 Å². The molecule has 0 aliphatic heterocycles. The lowest BCUT2D eigenvalue weighted by atomic mass is 10.1. The second kappa shape index (κ2) is 7.06. The Morgan fingerprint density at radius 1 is 1.40 bits per heavy atom. The highest BCUT2D eigenvalue weighted by Crippen LogP contribution is 2.18. The van der Waals surface area contributed by atoms with Crippen molar-refractivity contribution in [2.45, 2.75) is 44.0 Å². The van der Waals surface area contributed by atoms with Crippen molar-refractivity contribution < 1.29 is 13.2 Å². The lowest BCUT2D eigenvalue weighted by Crippen LogP contribution is -2.32. The quantitative estimate of drug-likeness (QED) is 0.843. The molecule has 0 aliphatic carbocycles. The van der Waals surface area contributed by atoms with E-state index in [9.17, 15) is 13.2 Å². The van der Waals surface area contributed by atoms with E-state index < -0.39 is 10.0 Å². The largest absolute Gasteiger partial charge is 0.350 e. The Hall–Kier alpha value is -1.11. The molecule has 0 spiro atoms. The molecule has 0 fully saturated rings. The molecule has 0 bridgehead atoms. The molecule has 5 nitrogen and oxygen atoms in total. The van der Waals surface area contributed by atoms with Crippen molar-refractivity contribution in [2.24, 2.45) is 5.14 Å². The van der Waals surface area contributed by atoms with Crippen LogP contribution in [0.4, 0.5) is 0 Å². The number of carbonyl (C=O) groups is 1. The Kier molecular flexibility index (Phi) is 5.98. The molecule has 1 rings (SSSR count). The molecular formula is C13H19ClN2O3S. The number of rotatable bonds is 6. The minimum Gasteiger partial charge on any atom is -0.350 e. The van der Waals surface area contributed by atoms with E-state index >= 15 is 0 Å². The van der Waals surface area contributed by atoms with Crippen molar-refractivity contribution in [1.82, 2.24) is 5.32 Å². The lowest BCUT2D eigenvalue weighted by Gasteiger charge is -2.14. The first-order valence-corrected chi connectivity index (χ1v) is 8.30. The minimum absolute atomic E-state index is 0.0133. The predicted molar refractivity (Wildman–Crippen MR) is 79.3 cm³/mol. The van der Waals surface area contributed by atoms with Gasteiger partial charge in [0, 0.05) is 16.6 Å². The number of amides is 1. The zero-order valence-corrected chi connectivity index (χ0v) is 13.1.